The van der Waals surface area contributed by atoms with Gasteiger partial charge in [-0.15, -0.1) is 0 Å². The van der Waals surface area contributed by atoms with Crippen LogP contribution in [0.15, 0.2) is 18.2 Å². The van der Waals surface area contributed by atoms with Crippen LogP contribution < -0.4 is 5.73 Å². The molecule has 2 N–H and O–H groups in total. The van der Waals surface area contributed by atoms with Crippen molar-refractivity contribution in [2.75, 3.05) is 0 Å². The van der Waals surface area contributed by atoms with Crippen molar-refractivity contribution in [3.05, 3.63) is 32.9 Å². The number of rotatable bonds is 4. The SMILES string of the molecule is Cc1cccc(C(N)CCC(C)C)c1I. The van der Waals surface area contributed by atoms with Gasteiger partial charge in [-0.1, -0.05) is 32.0 Å². The lowest BCUT2D eigenvalue weighted by atomic mass is 9.97. The van der Waals surface area contributed by atoms with Crippen LogP contribution in [0.4, 0.5) is 0 Å². The fourth-order valence-corrected chi connectivity index (χ4v) is 2.38. The Hall–Kier alpha value is -0.0900. The van der Waals surface area contributed by atoms with E-state index in [2.05, 4.69) is 61.6 Å². The summed E-state index contributed by atoms with van der Waals surface area (Å²) in [6, 6.07) is 6.58. The molecular weight excluding hydrogens is 297 g/mol. The predicted octanol–water partition coefficient (Wildman–Crippen LogP) is 4.04. The summed E-state index contributed by atoms with van der Waals surface area (Å²) >= 11 is 2.40. The van der Waals surface area contributed by atoms with E-state index in [4.69, 9.17) is 5.73 Å². The summed E-state index contributed by atoms with van der Waals surface area (Å²) < 4.78 is 1.33. The van der Waals surface area contributed by atoms with Gasteiger partial charge in [0.1, 0.15) is 0 Å². The Bertz CT molecular complexity index is 320. The smallest absolute Gasteiger partial charge is 0.0305 e. The molecule has 0 heterocycles. The van der Waals surface area contributed by atoms with E-state index in [-0.39, 0.29) is 6.04 Å². The first kappa shape index (κ1) is 13.0. The Morgan fingerprint density at radius 1 is 1.27 bits per heavy atom. The minimum atomic E-state index is 0.194. The van der Waals surface area contributed by atoms with Crippen LogP contribution in [0.2, 0.25) is 0 Å². The van der Waals surface area contributed by atoms with Crippen LogP contribution in [-0.2, 0) is 0 Å². The molecule has 0 fully saturated rings. The fraction of sp³-hybridized carbons (Fsp3) is 0.538. The van der Waals surface area contributed by atoms with E-state index in [1.54, 1.807) is 0 Å². The zero-order chi connectivity index (χ0) is 11.4. The Labute approximate surface area is 107 Å². The summed E-state index contributed by atoms with van der Waals surface area (Å²) in [6.45, 7) is 6.63. The van der Waals surface area contributed by atoms with Gasteiger partial charge in [-0.25, -0.2) is 0 Å². The van der Waals surface area contributed by atoms with Crippen LogP contribution in [0.25, 0.3) is 0 Å². The van der Waals surface area contributed by atoms with Gasteiger partial charge in [-0.2, -0.15) is 0 Å². The lowest BCUT2D eigenvalue weighted by Crippen LogP contribution is -2.13. The zero-order valence-electron chi connectivity index (χ0n) is 9.76. The third kappa shape index (κ3) is 3.76. The van der Waals surface area contributed by atoms with Crippen LogP contribution in [0.1, 0.15) is 43.9 Å². The molecule has 15 heavy (non-hydrogen) atoms. The quantitative estimate of drug-likeness (QED) is 0.834. The topological polar surface area (TPSA) is 26.0 Å². The summed E-state index contributed by atoms with van der Waals surface area (Å²) in [7, 11) is 0. The molecule has 1 atom stereocenters. The first-order chi connectivity index (χ1) is 7.02. The standard InChI is InChI=1S/C13H20IN/c1-9(2)7-8-12(15)11-6-4-5-10(3)13(11)14/h4-6,9,12H,7-8,15H2,1-3H3. The highest BCUT2D eigenvalue weighted by atomic mass is 127. The highest BCUT2D eigenvalue weighted by Gasteiger charge is 2.11. The van der Waals surface area contributed by atoms with Crippen molar-refractivity contribution < 1.29 is 0 Å². The van der Waals surface area contributed by atoms with Crippen molar-refractivity contribution in [1.82, 2.24) is 0 Å². The number of halogens is 1. The molecule has 0 saturated carbocycles. The van der Waals surface area contributed by atoms with Crippen molar-refractivity contribution in [2.45, 2.75) is 39.7 Å². The van der Waals surface area contributed by atoms with Gasteiger partial charge in [0.05, 0.1) is 0 Å². The molecule has 1 rings (SSSR count). The maximum absolute atomic E-state index is 6.21. The lowest BCUT2D eigenvalue weighted by molar-refractivity contribution is 0.506. The maximum atomic E-state index is 6.21. The van der Waals surface area contributed by atoms with E-state index < -0.39 is 0 Å². The maximum Gasteiger partial charge on any atom is 0.0305 e. The normalized spacial score (nSPS) is 13.2. The zero-order valence-corrected chi connectivity index (χ0v) is 11.9. The second-order valence-corrected chi connectivity index (χ2v) is 5.63. The molecule has 1 aromatic rings. The van der Waals surface area contributed by atoms with Gasteiger partial charge in [0.25, 0.3) is 0 Å². The molecule has 1 nitrogen and oxygen atoms in total. The van der Waals surface area contributed by atoms with Crippen LogP contribution in [0.5, 0.6) is 0 Å². The monoisotopic (exact) mass is 317 g/mol. The fourth-order valence-electron chi connectivity index (χ4n) is 1.62. The van der Waals surface area contributed by atoms with E-state index in [1.807, 2.05) is 0 Å². The van der Waals surface area contributed by atoms with E-state index in [1.165, 1.54) is 21.1 Å². The molecule has 84 valence electrons. The van der Waals surface area contributed by atoms with Crippen molar-refractivity contribution in [1.29, 1.82) is 0 Å². The number of hydrogen-bond donors (Lipinski definition) is 1. The third-order valence-electron chi connectivity index (χ3n) is 2.68. The molecule has 0 bridgehead atoms. The highest BCUT2D eigenvalue weighted by Crippen LogP contribution is 2.25. The van der Waals surface area contributed by atoms with Gasteiger partial charge in [0, 0.05) is 9.61 Å². The molecule has 0 radical (unpaired) electrons. The van der Waals surface area contributed by atoms with Gasteiger partial charge < -0.3 is 5.73 Å². The van der Waals surface area contributed by atoms with Crippen LogP contribution in [0, 0.1) is 16.4 Å². The minimum Gasteiger partial charge on any atom is -0.324 e. The van der Waals surface area contributed by atoms with Crippen molar-refractivity contribution in [3.63, 3.8) is 0 Å². The summed E-state index contributed by atoms with van der Waals surface area (Å²) in [5, 5.41) is 0. The molecular formula is C13H20IN. The van der Waals surface area contributed by atoms with E-state index in [9.17, 15) is 0 Å². The van der Waals surface area contributed by atoms with Crippen LogP contribution >= 0.6 is 22.6 Å². The van der Waals surface area contributed by atoms with Crippen LogP contribution in [0.3, 0.4) is 0 Å². The summed E-state index contributed by atoms with van der Waals surface area (Å²) in [5.41, 5.74) is 8.84. The minimum absolute atomic E-state index is 0.194. The van der Waals surface area contributed by atoms with Gasteiger partial charge in [-0.05, 0) is 59.4 Å². The largest absolute Gasteiger partial charge is 0.324 e. The Balaban J connectivity index is 2.73. The Morgan fingerprint density at radius 2 is 1.93 bits per heavy atom. The lowest BCUT2D eigenvalue weighted by Gasteiger charge is -2.16. The number of benzene rings is 1. The van der Waals surface area contributed by atoms with Crippen molar-refractivity contribution in [2.24, 2.45) is 11.7 Å². The molecule has 0 aliphatic carbocycles. The third-order valence-corrected chi connectivity index (χ3v) is 4.15. The average molecular weight is 317 g/mol. The van der Waals surface area contributed by atoms with Crippen LogP contribution in [-0.4, -0.2) is 0 Å². The van der Waals surface area contributed by atoms with Crippen molar-refractivity contribution >= 4 is 22.6 Å². The van der Waals surface area contributed by atoms with Gasteiger partial charge in [0.2, 0.25) is 0 Å². The number of nitrogens with two attached hydrogens (primary N) is 1. The second-order valence-electron chi connectivity index (χ2n) is 4.56. The molecule has 1 unspecified atom stereocenters. The van der Waals surface area contributed by atoms with Crippen molar-refractivity contribution in [3.8, 4) is 0 Å². The van der Waals surface area contributed by atoms with E-state index in [0.29, 0.717) is 0 Å². The van der Waals surface area contributed by atoms with Gasteiger partial charge in [-0.3, -0.25) is 0 Å². The van der Waals surface area contributed by atoms with E-state index >= 15 is 0 Å². The molecule has 0 aromatic heterocycles. The summed E-state index contributed by atoms with van der Waals surface area (Å²) in [5.74, 6) is 0.735. The molecule has 0 amide bonds. The molecule has 0 spiro atoms. The predicted molar refractivity (Wildman–Crippen MR) is 74.9 cm³/mol. The highest BCUT2D eigenvalue weighted by molar-refractivity contribution is 14.1. The molecule has 2 heteroatoms. The number of aryl methyl sites for hydroxylation is 1. The van der Waals surface area contributed by atoms with Gasteiger partial charge in [0.15, 0.2) is 0 Å². The molecule has 1 aromatic carbocycles. The number of hydrogen-bond acceptors (Lipinski definition) is 1. The Morgan fingerprint density at radius 3 is 2.53 bits per heavy atom. The Kier molecular flexibility index (Phi) is 5.06. The van der Waals surface area contributed by atoms with Gasteiger partial charge >= 0.3 is 0 Å². The first-order valence-corrected chi connectivity index (χ1v) is 6.60. The first-order valence-electron chi connectivity index (χ1n) is 5.53. The summed E-state index contributed by atoms with van der Waals surface area (Å²) in [4.78, 5) is 0. The molecule has 0 saturated heterocycles. The second kappa shape index (κ2) is 5.85. The molecule has 0 aliphatic heterocycles. The molecule has 0 aliphatic rings. The summed E-state index contributed by atoms with van der Waals surface area (Å²) in [6.07, 6.45) is 2.28. The van der Waals surface area contributed by atoms with E-state index in [0.717, 1.165) is 12.3 Å². The average Bonchev–Trinajstić information content (AvgIpc) is 2.18.